The molecule has 3 heterocycles. The van der Waals surface area contributed by atoms with E-state index in [1.165, 1.54) is 9.18 Å². The van der Waals surface area contributed by atoms with Crippen molar-refractivity contribution in [2.45, 2.75) is 30.7 Å². The third kappa shape index (κ3) is 5.24. The first-order valence-corrected chi connectivity index (χ1v) is 15.0. The molecule has 0 spiro atoms. The van der Waals surface area contributed by atoms with Crippen LogP contribution in [-0.2, 0) is 26.0 Å². The second-order valence-corrected chi connectivity index (χ2v) is 12.4. The second-order valence-electron chi connectivity index (χ2n) is 9.47. The summed E-state index contributed by atoms with van der Waals surface area (Å²) in [4.78, 5) is 21.5. The number of fused-ring (bicyclic) bond motifs is 2. The Morgan fingerprint density at radius 3 is 2.71 bits per heavy atom. The summed E-state index contributed by atoms with van der Waals surface area (Å²) in [6, 6.07) is 18.8. The van der Waals surface area contributed by atoms with Crippen molar-refractivity contribution < 1.29 is 17.9 Å². The van der Waals surface area contributed by atoms with Crippen molar-refractivity contribution in [1.29, 1.82) is 0 Å². The van der Waals surface area contributed by atoms with Gasteiger partial charge in [-0.05, 0) is 54.5 Å². The Balaban J connectivity index is 1.49. The zero-order chi connectivity index (χ0) is 26.7. The van der Waals surface area contributed by atoms with Crippen LogP contribution in [0, 0.1) is 6.92 Å². The minimum absolute atomic E-state index is 0.106. The number of carbonyl (C=O) groups is 1. The first kappa shape index (κ1) is 26.5. The summed E-state index contributed by atoms with van der Waals surface area (Å²) in [7, 11) is -2.43. The molecular weight excluding hydrogens is 518 g/mol. The van der Waals surface area contributed by atoms with Crippen molar-refractivity contribution in [3.8, 4) is 0 Å². The van der Waals surface area contributed by atoms with Gasteiger partial charge in [0.05, 0.1) is 18.1 Å². The van der Waals surface area contributed by atoms with Crippen molar-refractivity contribution in [2.75, 3.05) is 33.4 Å². The lowest BCUT2D eigenvalue weighted by atomic mass is 9.92. The van der Waals surface area contributed by atoms with E-state index in [4.69, 9.17) is 4.74 Å². The van der Waals surface area contributed by atoms with Crippen LogP contribution in [0.5, 0.6) is 0 Å². The van der Waals surface area contributed by atoms with Crippen molar-refractivity contribution in [3.63, 3.8) is 0 Å². The molecule has 9 heteroatoms. The third-order valence-corrected chi connectivity index (χ3v) is 9.83. The number of pyridine rings is 1. The highest BCUT2D eigenvalue weighted by Crippen LogP contribution is 2.38. The second kappa shape index (κ2) is 11.3. The Morgan fingerprint density at radius 2 is 1.92 bits per heavy atom. The van der Waals surface area contributed by atoms with Gasteiger partial charge in [-0.1, -0.05) is 48.0 Å². The van der Waals surface area contributed by atoms with Crippen LogP contribution >= 0.6 is 11.3 Å². The first-order chi connectivity index (χ1) is 18.4. The van der Waals surface area contributed by atoms with E-state index < -0.39 is 10.0 Å². The highest BCUT2D eigenvalue weighted by atomic mass is 32.2. The number of ether oxygens (including phenoxy) is 1. The van der Waals surface area contributed by atoms with Gasteiger partial charge >= 0.3 is 0 Å². The Hall–Kier alpha value is -3.11. The Morgan fingerprint density at radius 1 is 1.13 bits per heavy atom. The average molecular weight is 550 g/mol. The van der Waals surface area contributed by atoms with Crippen LogP contribution in [0.4, 0.5) is 0 Å². The number of carbonyl (C=O) groups excluding carboxylic acids is 1. The van der Waals surface area contributed by atoms with Crippen molar-refractivity contribution in [2.24, 2.45) is 0 Å². The Labute approximate surface area is 227 Å². The first-order valence-electron chi connectivity index (χ1n) is 12.7. The van der Waals surface area contributed by atoms with Gasteiger partial charge in [0.15, 0.2) is 0 Å². The molecule has 1 amide bonds. The molecule has 4 aromatic rings. The fourth-order valence-corrected chi connectivity index (χ4v) is 7.53. The molecule has 1 unspecified atom stereocenters. The van der Waals surface area contributed by atoms with Gasteiger partial charge in [0.2, 0.25) is 15.9 Å². The van der Waals surface area contributed by atoms with Crippen LogP contribution in [0.1, 0.15) is 34.0 Å². The number of aryl methyl sites for hydroxylation is 1. The molecule has 1 atom stereocenters. The molecule has 0 saturated carbocycles. The lowest BCUT2D eigenvalue weighted by Crippen LogP contribution is -2.47. The van der Waals surface area contributed by atoms with Gasteiger partial charge in [-0.25, -0.2) is 8.42 Å². The number of nitrogens with zero attached hydrogens (tertiary/aromatic N) is 3. The van der Waals surface area contributed by atoms with Crippen molar-refractivity contribution in [3.05, 3.63) is 93.8 Å². The summed E-state index contributed by atoms with van der Waals surface area (Å²) in [5, 5.41) is 2.80. The molecule has 0 aliphatic carbocycles. The zero-order valence-electron chi connectivity index (χ0n) is 21.5. The lowest BCUT2D eigenvalue weighted by Gasteiger charge is -2.37. The highest BCUT2D eigenvalue weighted by molar-refractivity contribution is 7.89. The normalized spacial score (nSPS) is 15.7. The van der Waals surface area contributed by atoms with Crippen LogP contribution in [0.25, 0.3) is 10.9 Å². The molecule has 38 heavy (non-hydrogen) atoms. The molecule has 1 aliphatic rings. The molecule has 2 aromatic carbocycles. The average Bonchev–Trinajstić information content (AvgIpc) is 3.41. The minimum Gasteiger partial charge on any atom is -0.385 e. The number of amides is 1. The molecule has 1 aliphatic heterocycles. The van der Waals surface area contributed by atoms with Crippen molar-refractivity contribution >= 4 is 38.2 Å². The number of benzene rings is 2. The summed E-state index contributed by atoms with van der Waals surface area (Å²) in [6.07, 6.45) is 2.81. The van der Waals surface area contributed by atoms with E-state index in [-0.39, 0.29) is 29.9 Å². The molecule has 0 saturated heterocycles. The van der Waals surface area contributed by atoms with E-state index in [1.807, 2.05) is 36.1 Å². The number of rotatable bonds is 9. The number of thiophene rings is 1. The summed E-state index contributed by atoms with van der Waals surface area (Å²) < 4.78 is 34.4. The highest BCUT2D eigenvalue weighted by Gasteiger charge is 2.36. The smallest absolute Gasteiger partial charge is 0.245 e. The molecule has 0 bridgehead atoms. The van der Waals surface area contributed by atoms with E-state index in [9.17, 15) is 13.2 Å². The zero-order valence-corrected chi connectivity index (χ0v) is 23.2. The maximum atomic E-state index is 14.0. The predicted octanol–water partition coefficient (Wildman–Crippen LogP) is 4.81. The molecular formula is C29H31N3O4S2. The van der Waals surface area contributed by atoms with E-state index in [2.05, 4.69) is 28.6 Å². The van der Waals surface area contributed by atoms with Crippen LogP contribution in [0.15, 0.2) is 77.1 Å². The topological polar surface area (TPSA) is 79.8 Å². The molecule has 0 fully saturated rings. The number of hydrogen-bond donors (Lipinski definition) is 0. The summed E-state index contributed by atoms with van der Waals surface area (Å²) in [5.74, 6) is -0.221. The predicted molar refractivity (Wildman–Crippen MR) is 150 cm³/mol. The standard InChI is InChI=1S/C29H31N3O4S2/c1-21-9-11-23(12-10-21)29-24-14-19-37-25(24)13-17-32(29)27(33)20-31(16-5-18-36-2)38(34,35)26-8-3-6-22-7-4-15-30-28(22)26/h3-4,6-12,14-15,19,29H,5,13,16-18,20H2,1-2H3. The van der Waals surface area contributed by atoms with Crippen LogP contribution < -0.4 is 0 Å². The summed E-state index contributed by atoms with van der Waals surface area (Å²) >= 11 is 1.71. The van der Waals surface area contributed by atoms with Gasteiger partial charge in [-0.3, -0.25) is 9.78 Å². The molecule has 0 radical (unpaired) electrons. The quantitative estimate of drug-likeness (QED) is 0.280. The van der Waals surface area contributed by atoms with E-state index in [1.54, 1.807) is 42.8 Å². The van der Waals surface area contributed by atoms with Gasteiger partial charge in [0.25, 0.3) is 0 Å². The number of hydrogen-bond acceptors (Lipinski definition) is 6. The molecule has 5 rings (SSSR count). The molecule has 2 aromatic heterocycles. The van der Waals surface area contributed by atoms with Crippen LogP contribution in [0.3, 0.4) is 0 Å². The van der Waals surface area contributed by atoms with E-state index >= 15 is 0 Å². The SMILES string of the molecule is COCCCN(CC(=O)N1CCc2sccc2C1c1ccc(C)cc1)S(=O)(=O)c1cccc2cccnc12. The maximum Gasteiger partial charge on any atom is 0.245 e. The van der Waals surface area contributed by atoms with Gasteiger partial charge < -0.3 is 9.64 Å². The van der Waals surface area contributed by atoms with E-state index in [0.29, 0.717) is 25.1 Å². The largest absolute Gasteiger partial charge is 0.385 e. The monoisotopic (exact) mass is 549 g/mol. The Kier molecular flexibility index (Phi) is 7.90. The van der Waals surface area contributed by atoms with Crippen LogP contribution in [-0.4, -0.2) is 61.9 Å². The number of sulfonamides is 1. The number of aromatic nitrogens is 1. The molecule has 7 nitrogen and oxygen atoms in total. The summed E-state index contributed by atoms with van der Waals surface area (Å²) in [5.41, 5.74) is 3.69. The van der Waals surface area contributed by atoms with Gasteiger partial charge in [-0.2, -0.15) is 4.31 Å². The van der Waals surface area contributed by atoms with Gasteiger partial charge in [0, 0.05) is 43.3 Å². The molecule has 198 valence electrons. The van der Waals surface area contributed by atoms with E-state index in [0.717, 1.165) is 28.5 Å². The summed E-state index contributed by atoms with van der Waals surface area (Å²) in [6.45, 7) is 2.87. The fourth-order valence-electron chi connectivity index (χ4n) is 5.03. The van der Waals surface area contributed by atoms with Gasteiger partial charge in [-0.15, -0.1) is 11.3 Å². The molecule has 0 N–H and O–H groups in total. The maximum absolute atomic E-state index is 14.0. The lowest BCUT2D eigenvalue weighted by molar-refractivity contribution is -0.133. The number of methoxy groups -OCH3 is 1. The fraction of sp³-hybridized carbons (Fsp3) is 0.310. The third-order valence-electron chi connectivity index (χ3n) is 6.96. The van der Waals surface area contributed by atoms with Gasteiger partial charge in [0.1, 0.15) is 4.90 Å². The minimum atomic E-state index is -4.01. The number of para-hydroxylation sites is 1. The van der Waals surface area contributed by atoms with Crippen LogP contribution in [0.2, 0.25) is 0 Å². The van der Waals surface area contributed by atoms with Crippen molar-refractivity contribution in [1.82, 2.24) is 14.2 Å². The Bertz CT molecular complexity index is 1530.